The maximum absolute atomic E-state index is 13.9. The number of aromatic nitrogens is 2. The van der Waals surface area contributed by atoms with Gasteiger partial charge in [-0.15, -0.1) is 0 Å². The van der Waals surface area contributed by atoms with E-state index >= 15 is 0 Å². The van der Waals surface area contributed by atoms with Crippen molar-refractivity contribution in [2.45, 2.75) is 13.2 Å². The fourth-order valence-corrected chi connectivity index (χ4v) is 2.86. The monoisotopic (exact) mass is 426 g/mol. The molecule has 0 saturated carbocycles. The van der Waals surface area contributed by atoms with Crippen molar-refractivity contribution >= 4 is 40.3 Å². The third kappa shape index (κ3) is 5.14. The molecule has 0 aliphatic carbocycles. The largest absolute Gasteiger partial charge is 0.433 e. The molecule has 2 N–H and O–H groups in total. The number of para-hydroxylation sites is 2. The van der Waals surface area contributed by atoms with Crippen LogP contribution in [0.25, 0.3) is 0 Å². The molecule has 0 saturated heterocycles. The first kappa shape index (κ1) is 20.0. The molecule has 0 spiro atoms. The van der Waals surface area contributed by atoms with Crippen LogP contribution in [0.5, 0.6) is 5.75 Å². The predicted molar refractivity (Wildman–Crippen MR) is 106 cm³/mol. The van der Waals surface area contributed by atoms with Crippen LogP contribution in [0, 0.1) is 5.82 Å². The van der Waals surface area contributed by atoms with Crippen LogP contribution in [-0.4, -0.2) is 21.5 Å². The highest BCUT2D eigenvalue weighted by Crippen LogP contribution is 2.26. The fraction of sp³-hybridized carbons (Fsp3) is 0.111. The average molecular weight is 427 g/mol. The molecule has 2 aromatic carbocycles. The number of nitrogens with one attached hydrogen (secondary N) is 2. The van der Waals surface area contributed by atoms with E-state index in [0.29, 0.717) is 16.3 Å². The summed E-state index contributed by atoms with van der Waals surface area (Å²) in [6, 6.07) is 10.6. The van der Waals surface area contributed by atoms with Gasteiger partial charge in [-0.2, -0.15) is 13.9 Å². The third-order valence-electron chi connectivity index (χ3n) is 3.62. The summed E-state index contributed by atoms with van der Waals surface area (Å²) in [4.78, 5) is 0. The predicted octanol–water partition coefficient (Wildman–Crippen LogP) is 5.13. The van der Waals surface area contributed by atoms with Gasteiger partial charge in [0.15, 0.2) is 5.11 Å². The second-order valence-corrected chi connectivity index (χ2v) is 6.40. The lowest BCUT2D eigenvalue weighted by molar-refractivity contribution is -0.0493. The lowest BCUT2D eigenvalue weighted by atomic mass is 10.2. The van der Waals surface area contributed by atoms with Gasteiger partial charge in [-0.3, -0.25) is 4.68 Å². The minimum absolute atomic E-state index is 0.0356. The van der Waals surface area contributed by atoms with Crippen LogP contribution in [0.2, 0.25) is 5.02 Å². The van der Waals surface area contributed by atoms with E-state index in [0.717, 1.165) is 0 Å². The molecule has 5 nitrogen and oxygen atoms in total. The Labute approximate surface area is 169 Å². The number of hydrogen-bond acceptors (Lipinski definition) is 3. The molecule has 0 bridgehead atoms. The van der Waals surface area contributed by atoms with Crippen molar-refractivity contribution in [3.63, 3.8) is 0 Å². The molecule has 1 heterocycles. The number of alkyl halides is 2. The van der Waals surface area contributed by atoms with E-state index in [4.69, 9.17) is 23.8 Å². The number of nitrogens with zero attached hydrogens (tertiary/aromatic N) is 2. The lowest BCUT2D eigenvalue weighted by Crippen LogP contribution is -2.19. The summed E-state index contributed by atoms with van der Waals surface area (Å²) in [5.74, 6) is -0.461. The smallest absolute Gasteiger partial charge is 0.387 e. The van der Waals surface area contributed by atoms with E-state index in [9.17, 15) is 13.2 Å². The van der Waals surface area contributed by atoms with Crippen molar-refractivity contribution < 1.29 is 17.9 Å². The summed E-state index contributed by atoms with van der Waals surface area (Å²) in [6.45, 7) is -2.81. The van der Waals surface area contributed by atoms with Crippen molar-refractivity contribution in [3.8, 4) is 5.75 Å². The molecular formula is C18H14ClF3N4OS. The van der Waals surface area contributed by atoms with Crippen LogP contribution in [0.15, 0.2) is 54.9 Å². The van der Waals surface area contributed by atoms with Crippen molar-refractivity contribution in [1.82, 2.24) is 9.78 Å². The number of halogens is 4. The van der Waals surface area contributed by atoms with E-state index in [-0.39, 0.29) is 23.1 Å². The molecule has 3 rings (SSSR count). The zero-order chi connectivity index (χ0) is 20.1. The first-order chi connectivity index (χ1) is 13.4. The summed E-state index contributed by atoms with van der Waals surface area (Å²) >= 11 is 11.2. The Bertz CT molecular complexity index is 963. The number of rotatable bonds is 6. The van der Waals surface area contributed by atoms with E-state index in [1.807, 2.05) is 0 Å². The topological polar surface area (TPSA) is 51.1 Å². The molecule has 0 atom stereocenters. The van der Waals surface area contributed by atoms with Crippen LogP contribution in [0.4, 0.5) is 24.5 Å². The summed E-state index contributed by atoms with van der Waals surface area (Å²) in [6.07, 6.45) is 3.10. The van der Waals surface area contributed by atoms with Gasteiger partial charge >= 0.3 is 6.61 Å². The molecule has 0 amide bonds. The Hall–Kier alpha value is -2.78. The van der Waals surface area contributed by atoms with E-state index in [1.54, 1.807) is 30.5 Å². The Kier molecular flexibility index (Phi) is 6.37. The van der Waals surface area contributed by atoms with Crippen molar-refractivity contribution in [1.29, 1.82) is 0 Å². The minimum Gasteiger partial charge on any atom is -0.433 e. The SMILES string of the molecule is Fc1cccc(Cl)c1Cn1cc(NC(=S)Nc2ccccc2OC(F)F)cn1. The first-order valence-electron chi connectivity index (χ1n) is 7.99. The van der Waals surface area contributed by atoms with Crippen LogP contribution >= 0.6 is 23.8 Å². The molecule has 0 fully saturated rings. The highest BCUT2D eigenvalue weighted by molar-refractivity contribution is 7.80. The minimum atomic E-state index is -2.95. The van der Waals surface area contributed by atoms with E-state index in [1.165, 1.54) is 29.1 Å². The first-order valence-corrected chi connectivity index (χ1v) is 8.78. The summed E-state index contributed by atoms with van der Waals surface area (Å²) < 4.78 is 44.8. The van der Waals surface area contributed by atoms with Crippen LogP contribution < -0.4 is 15.4 Å². The molecule has 28 heavy (non-hydrogen) atoms. The maximum atomic E-state index is 13.9. The van der Waals surface area contributed by atoms with Crippen molar-refractivity contribution in [3.05, 3.63) is 71.3 Å². The van der Waals surface area contributed by atoms with Gasteiger partial charge in [0.1, 0.15) is 11.6 Å². The van der Waals surface area contributed by atoms with Gasteiger partial charge in [0, 0.05) is 16.8 Å². The molecular weight excluding hydrogens is 413 g/mol. The second-order valence-electron chi connectivity index (χ2n) is 5.58. The molecule has 10 heteroatoms. The average Bonchev–Trinajstić information content (AvgIpc) is 3.06. The van der Waals surface area contributed by atoms with Crippen molar-refractivity contribution in [2.75, 3.05) is 10.6 Å². The highest BCUT2D eigenvalue weighted by atomic mass is 35.5. The molecule has 0 aliphatic rings. The number of hydrogen-bond donors (Lipinski definition) is 2. The molecule has 3 aromatic rings. The fourth-order valence-electron chi connectivity index (χ4n) is 2.41. The van der Waals surface area contributed by atoms with Crippen LogP contribution in [0.3, 0.4) is 0 Å². The van der Waals surface area contributed by atoms with E-state index in [2.05, 4.69) is 20.5 Å². The number of thiocarbonyl (C=S) groups is 1. The van der Waals surface area contributed by atoms with Gasteiger partial charge in [0.25, 0.3) is 0 Å². The quantitative estimate of drug-likeness (QED) is 0.535. The molecule has 0 unspecified atom stereocenters. The standard InChI is InChI=1S/C18H14ClF3N4OS/c19-13-4-3-5-14(20)12(13)10-26-9-11(8-23-26)24-18(28)25-15-6-1-2-7-16(15)27-17(21)22/h1-9,17H,10H2,(H2,24,25,28). The Morgan fingerprint density at radius 1 is 1.18 bits per heavy atom. The van der Waals surface area contributed by atoms with Crippen LogP contribution in [0.1, 0.15) is 5.56 Å². The number of ether oxygens (including phenoxy) is 1. The van der Waals surface area contributed by atoms with Crippen molar-refractivity contribution in [2.24, 2.45) is 0 Å². The molecule has 0 radical (unpaired) electrons. The second kappa shape index (κ2) is 8.94. The van der Waals surface area contributed by atoms with Crippen LogP contribution in [-0.2, 0) is 6.54 Å². The zero-order valence-electron chi connectivity index (χ0n) is 14.2. The third-order valence-corrected chi connectivity index (χ3v) is 4.18. The van der Waals surface area contributed by atoms with Gasteiger partial charge in [0.05, 0.1) is 24.1 Å². The molecule has 1 aromatic heterocycles. The molecule has 0 aliphatic heterocycles. The Morgan fingerprint density at radius 2 is 1.96 bits per heavy atom. The summed E-state index contributed by atoms with van der Waals surface area (Å²) in [5, 5.41) is 10.2. The summed E-state index contributed by atoms with van der Waals surface area (Å²) in [7, 11) is 0. The summed E-state index contributed by atoms with van der Waals surface area (Å²) in [5.41, 5.74) is 1.13. The highest BCUT2D eigenvalue weighted by Gasteiger charge is 2.12. The van der Waals surface area contributed by atoms with Gasteiger partial charge in [-0.05, 0) is 36.5 Å². The van der Waals surface area contributed by atoms with Gasteiger partial charge in [-0.25, -0.2) is 4.39 Å². The maximum Gasteiger partial charge on any atom is 0.387 e. The van der Waals surface area contributed by atoms with Gasteiger partial charge in [-0.1, -0.05) is 29.8 Å². The zero-order valence-corrected chi connectivity index (χ0v) is 15.8. The normalized spacial score (nSPS) is 10.8. The van der Waals surface area contributed by atoms with Gasteiger partial charge < -0.3 is 15.4 Å². The lowest BCUT2D eigenvalue weighted by Gasteiger charge is -2.13. The Morgan fingerprint density at radius 3 is 2.71 bits per heavy atom. The molecule has 146 valence electrons. The Balaban J connectivity index is 1.65. The van der Waals surface area contributed by atoms with Gasteiger partial charge in [0.2, 0.25) is 0 Å². The number of anilines is 2. The number of benzene rings is 2. The van der Waals surface area contributed by atoms with E-state index < -0.39 is 12.4 Å².